The molecule has 2 N–H and O–H groups in total. The molecule has 0 aliphatic carbocycles. The summed E-state index contributed by atoms with van der Waals surface area (Å²) in [5.41, 5.74) is 1.72. The van der Waals surface area contributed by atoms with Crippen molar-refractivity contribution in [1.29, 1.82) is 0 Å². The quantitative estimate of drug-likeness (QED) is 0.754. The number of hydrogen-bond acceptors (Lipinski definition) is 6. The fourth-order valence-electron chi connectivity index (χ4n) is 2.57. The Morgan fingerprint density at radius 1 is 1.28 bits per heavy atom. The second-order valence-electron chi connectivity index (χ2n) is 5.55. The third-order valence-electron chi connectivity index (χ3n) is 3.80. The average molecular weight is 354 g/mol. The zero-order valence-electron chi connectivity index (χ0n) is 13.1. The number of amides is 2. The molecule has 2 amide bonds. The first-order valence-corrected chi connectivity index (χ1v) is 8.64. The molecule has 1 aliphatic heterocycles. The second kappa shape index (κ2) is 6.48. The van der Waals surface area contributed by atoms with Crippen molar-refractivity contribution in [2.45, 2.75) is 12.8 Å². The first kappa shape index (κ1) is 15.5. The van der Waals surface area contributed by atoms with Crippen LogP contribution in [-0.4, -0.2) is 28.5 Å². The number of aryl methyl sites for hydroxylation is 1. The lowest BCUT2D eigenvalue weighted by molar-refractivity contribution is 0.0958. The Kier molecular flexibility index (Phi) is 4.02. The maximum atomic E-state index is 12.4. The Morgan fingerprint density at radius 2 is 2.12 bits per heavy atom. The monoisotopic (exact) mass is 354 g/mol. The molecule has 0 unspecified atom stereocenters. The van der Waals surface area contributed by atoms with Crippen molar-refractivity contribution in [1.82, 2.24) is 15.5 Å². The van der Waals surface area contributed by atoms with Crippen molar-refractivity contribution in [2.75, 3.05) is 11.9 Å². The van der Waals surface area contributed by atoms with Crippen LogP contribution >= 0.6 is 11.3 Å². The maximum Gasteiger partial charge on any atom is 0.279 e. The van der Waals surface area contributed by atoms with E-state index in [4.69, 9.17) is 4.52 Å². The molecule has 1 aliphatic rings. The van der Waals surface area contributed by atoms with Gasteiger partial charge in [-0.1, -0.05) is 46.8 Å². The van der Waals surface area contributed by atoms with Gasteiger partial charge in [0.05, 0.1) is 5.69 Å². The summed E-state index contributed by atoms with van der Waals surface area (Å²) in [4.78, 5) is 29.2. The van der Waals surface area contributed by atoms with Crippen LogP contribution < -0.4 is 10.6 Å². The molecule has 0 spiro atoms. The summed E-state index contributed by atoms with van der Waals surface area (Å²) in [6.45, 7) is 0.644. The molecule has 0 radical (unpaired) electrons. The molecule has 1 aromatic carbocycles. The molecule has 7 nitrogen and oxygen atoms in total. The summed E-state index contributed by atoms with van der Waals surface area (Å²) >= 11 is 1.17. The third kappa shape index (κ3) is 3.16. The highest BCUT2D eigenvalue weighted by Crippen LogP contribution is 2.26. The van der Waals surface area contributed by atoms with Crippen molar-refractivity contribution in [2.24, 2.45) is 0 Å². The number of nitrogens with one attached hydrogen (secondary N) is 2. The van der Waals surface area contributed by atoms with Crippen LogP contribution in [0.15, 0.2) is 40.9 Å². The summed E-state index contributed by atoms with van der Waals surface area (Å²) in [6, 6.07) is 11.0. The zero-order valence-corrected chi connectivity index (χ0v) is 13.9. The average Bonchev–Trinajstić information content (AvgIpc) is 3.23. The summed E-state index contributed by atoms with van der Waals surface area (Å²) in [5, 5.41) is 9.70. The molecule has 8 heteroatoms. The number of hydrogen-bond donors (Lipinski definition) is 2. The largest absolute Gasteiger partial charge is 0.355 e. The van der Waals surface area contributed by atoms with Gasteiger partial charge in [-0.3, -0.25) is 14.9 Å². The van der Waals surface area contributed by atoms with Gasteiger partial charge in [0, 0.05) is 18.2 Å². The van der Waals surface area contributed by atoms with Crippen molar-refractivity contribution >= 4 is 28.3 Å². The molecule has 0 bridgehead atoms. The number of carbonyl (C=O) groups is 2. The SMILES string of the molecule is O=C(Nc1nc2c(s1)C(=O)NCCC2)c1cc(-c2ccccc2)on1. The Hall–Kier alpha value is -3.00. The van der Waals surface area contributed by atoms with E-state index in [0.29, 0.717) is 28.7 Å². The van der Waals surface area contributed by atoms with E-state index >= 15 is 0 Å². The summed E-state index contributed by atoms with van der Waals surface area (Å²) < 4.78 is 5.23. The highest BCUT2D eigenvalue weighted by Gasteiger charge is 2.22. The number of benzene rings is 1. The molecule has 0 fully saturated rings. The van der Waals surface area contributed by atoms with Gasteiger partial charge in [0.2, 0.25) is 0 Å². The fraction of sp³-hybridized carbons (Fsp3) is 0.176. The minimum absolute atomic E-state index is 0.140. The van der Waals surface area contributed by atoms with Gasteiger partial charge in [-0.2, -0.15) is 0 Å². The van der Waals surface area contributed by atoms with E-state index < -0.39 is 5.91 Å². The van der Waals surface area contributed by atoms with Crippen LogP contribution in [0.1, 0.15) is 32.3 Å². The van der Waals surface area contributed by atoms with E-state index in [9.17, 15) is 9.59 Å². The predicted octanol–water partition coefficient (Wildman–Crippen LogP) is 2.73. The minimum Gasteiger partial charge on any atom is -0.355 e. The third-order valence-corrected chi connectivity index (χ3v) is 4.81. The van der Waals surface area contributed by atoms with Crippen molar-refractivity contribution in [3.05, 3.63) is 52.7 Å². The van der Waals surface area contributed by atoms with Gasteiger partial charge in [0.15, 0.2) is 16.6 Å². The summed E-state index contributed by atoms with van der Waals surface area (Å²) in [6.07, 6.45) is 1.54. The van der Waals surface area contributed by atoms with Gasteiger partial charge >= 0.3 is 0 Å². The Labute approximate surface area is 147 Å². The number of anilines is 1. The Morgan fingerprint density at radius 3 is 2.96 bits per heavy atom. The van der Waals surface area contributed by atoms with E-state index in [-0.39, 0.29) is 11.6 Å². The first-order chi connectivity index (χ1) is 12.2. The smallest absolute Gasteiger partial charge is 0.279 e. The van der Waals surface area contributed by atoms with Gasteiger partial charge in [-0.25, -0.2) is 4.98 Å². The summed E-state index contributed by atoms with van der Waals surface area (Å²) in [5.74, 6) is -0.0476. The molecule has 2 aromatic heterocycles. The molecule has 3 heterocycles. The van der Waals surface area contributed by atoms with Gasteiger partial charge < -0.3 is 9.84 Å². The van der Waals surface area contributed by atoms with E-state index in [0.717, 1.165) is 17.7 Å². The molecular formula is C17H14N4O3S. The van der Waals surface area contributed by atoms with Crippen LogP contribution in [0.5, 0.6) is 0 Å². The molecule has 126 valence electrons. The number of rotatable bonds is 3. The van der Waals surface area contributed by atoms with Crippen molar-refractivity contribution in [3.8, 4) is 11.3 Å². The van der Waals surface area contributed by atoms with Gasteiger partial charge in [-0.15, -0.1) is 0 Å². The lowest BCUT2D eigenvalue weighted by Gasteiger charge is -1.98. The van der Waals surface area contributed by atoms with E-state index in [1.54, 1.807) is 6.07 Å². The van der Waals surface area contributed by atoms with Crippen molar-refractivity contribution < 1.29 is 14.1 Å². The Bertz CT molecular complexity index is 933. The fourth-order valence-corrected chi connectivity index (χ4v) is 3.50. The molecule has 3 aromatic rings. The van der Waals surface area contributed by atoms with Crippen LogP contribution in [0.25, 0.3) is 11.3 Å². The van der Waals surface area contributed by atoms with E-state index in [1.807, 2.05) is 30.3 Å². The number of carbonyl (C=O) groups excluding carboxylic acids is 2. The zero-order chi connectivity index (χ0) is 17.2. The van der Waals surface area contributed by atoms with Crippen molar-refractivity contribution in [3.63, 3.8) is 0 Å². The van der Waals surface area contributed by atoms with Crippen LogP contribution in [0.2, 0.25) is 0 Å². The standard InChI is InChI=1S/C17H14N4O3S/c22-15(12-9-13(24-21-12)10-5-2-1-3-6-10)20-17-19-11-7-4-8-18-16(23)14(11)25-17/h1-3,5-6,9H,4,7-8H2,(H,18,23)(H,19,20,22). The maximum absolute atomic E-state index is 12.4. The number of thiazole rings is 1. The highest BCUT2D eigenvalue weighted by atomic mass is 32.1. The summed E-state index contributed by atoms with van der Waals surface area (Å²) in [7, 11) is 0. The lowest BCUT2D eigenvalue weighted by Crippen LogP contribution is -2.21. The normalized spacial score (nSPS) is 13.7. The first-order valence-electron chi connectivity index (χ1n) is 7.82. The van der Waals surface area contributed by atoms with Gasteiger partial charge in [0.1, 0.15) is 4.88 Å². The van der Waals surface area contributed by atoms with Crippen LogP contribution in [0, 0.1) is 0 Å². The van der Waals surface area contributed by atoms with Crippen LogP contribution in [-0.2, 0) is 6.42 Å². The topological polar surface area (TPSA) is 97.1 Å². The predicted molar refractivity (Wildman–Crippen MR) is 92.7 cm³/mol. The molecule has 25 heavy (non-hydrogen) atoms. The van der Waals surface area contributed by atoms with Gasteiger partial charge in [-0.05, 0) is 12.8 Å². The molecular weight excluding hydrogens is 340 g/mol. The number of nitrogens with zero attached hydrogens (tertiary/aromatic N) is 2. The second-order valence-corrected chi connectivity index (χ2v) is 6.55. The molecule has 0 saturated heterocycles. The number of fused-ring (bicyclic) bond motifs is 1. The minimum atomic E-state index is -0.421. The highest BCUT2D eigenvalue weighted by molar-refractivity contribution is 7.17. The van der Waals surface area contributed by atoms with E-state index in [1.165, 1.54) is 11.3 Å². The van der Waals surface area contributed by atoms with Crippen LogP contribution in [0.4, 0.5) is 5.13 Å². The molecule has 0 saturated carbocycles. The van der Waals surface area contributed by atoms with Crippen LogP contribution in [0.3, 0.4) is 0 Å². The van der Waals surface area contributed by atoms with E-state index in [2.05, 4.69) is 20.8 Å². The molecule has 0 atom stereocenters. The number of aromatic nitrogens is 2. The lowest BCUT2D eigenvalue weighted by atomic mass is 10.1. The Balaban J connectivity index is 1.52. The van der Waals surface area contributed by atoms with Gasteiger partial charge in [0.25, 0.3) is 11.8 Å². The molecule has 4 rings (SSSR count).